The Bertz CT molecular complexity index is 1270. The summed E-state index contributed by atoms with van der Waals surface area (Å²) >= 11 is 13.0. The number of para-hydroxylation sites is 1. The molecule has 2 fully saturated rings. The van der Waals surface area contributed by atoms with E-state index in [9.17, 15) is 9.59 Å². The maximum absolute atomic E-state index is 14.0. The Morgan fingerprint density at radius 1 is 0.919 bits per heavy atom. The number of carbonyl (C=O) groups excluding carboxylic acids is 2. The molecule has 0 radical (unpaired) electrons. The lowest BCUT2D eigenvalue weighted by atomic mass is 9.89. The number of likely N-dealkylation sites (tertiary alicyclic amines) is 2. The number of piperidine rings is 2. The number of hydrogen-bond donors (Lipinski definition) is 1. The third-order valence-electron chi connectivity index (χ3n) is 7.88. The van der Waals surface area contributed by atoms with Gasteiger partial charge in [-0.15, -0.1) is 0 Å². The van der Waals surface area contributed by atoms with Crippen molar-refractivity contribution in [2.45, 2.75) is 51.1 Å². The molecule has 0 atom stereocenters. The molecule has 0 saturated carbocycles. The predicted octanol–water partition coefficient (Wildman–Crippen LogP) is 5.70. The largest absolute Gasteiger partial charge is 0.358 e. The van der Waals surface area contributed by atoms with E-state index in [2.05, 4.69) is 16.3 Å². The van der Waals surface area contributed by atoms with Crippen LogP contribution >= 0.6 is 23.2 Å². The number of nitrogens with one attached hydrogen (secondary N) is 1. The molecule has 5 rings (SSSR count). The normalized spacial score (nSPS) is 17.3. The number of fused-ring (bicyclic) bond motifs is 1. The second-order valence-corrected chi connectivity index (χ2v) is 11.0. The van der Waals surface area contributed by atoms with E-state index in [4.69, 9.17) is 23.2 Å². The van der Waals surface area contributed by atoms with E-state index in [0.29, 0.717) is 18.2 Å². The number of halogens is 2. The summed E-state index contributed by atoms with van der Waals surface area (Å²) in [7, 11) is 1.64. The summed E-state index contributed by atoms with van der Waals surface area (Å²) in [6.45, 7) is 4.10. The highest BCUT2D eigenvalue weighted by Crippen LogP contribution is 2.38. The lowest BCUT2D eigenvalue weighted by Gasteiger charge is -2.33. The fourth-order valence-electron chi connectivity index (χ4n) is 5.92. The summed E-state index contributed by atoms with van der Waals surface area (Å²) < 4.78 is 1.93. The third-order valence-corrected chi connectivity index (χ3v) is 8.54. The van der Waals surface area contributed by atoms with Crippen molar-refractivity contribution in [3.63, 3.8) is 0 Å². The molecule has 3 aromatic rings. The second kappa shape index (κ2) is 11.5. The number of nitrogens with zero attached hydrogens (tertiary/aromatic N) is 3. The molecule has 6 nitrogen and oxygen atoms in total. The van der Waals surface area contributed by atoms with Gasteiger partial charge >= 0.3 is 0 Å². The van der Waals surface area contributed by atoms with Gasteiger partial charge in [-0.3, -0.25) is 14.5 Å². The molecule has 196 valence electrons. The van der Waals surface area contributed by atoms with Gasteiger partial charge < -0.3 is 14.8 Å². The average molecular weight is 542 g/mol. The van der Waals surface area contributed by atoms with Crippen LogP contribution in [0.4, 0.5) is 0 Å². The van der Waals surface area contributed by atoms with E-state index in [-0.39, 0.29) is 18.4 Å². The molecule has 8 heteroatoms. The van der Waals surface area contributed by atoms with Crippen molar-refractivity contribution in [2.75, 3.05) is 33.2 Å². The highest BCUT2D eigenvalue weighted by atomic mass is 35.5. The van der Waals surface area contributed by atoms with E-state index < -0.39 is 0 Å². The van der Waals surface area contributed by atoms with Crippen molar-refractivity contribution in [1.82, 2.24) is 19.7 Å². The van der Waals surface area contributed by atoms with Gasteiger partial charge in [0, 0.05) is 53.2 Å². The molecule has 0 aliphatic carbocycles. The Hall–Kier alpha value is -2.54. The SMILES string of the molecule is CNC(=O)Cn1c(C(=O)N2CCCCC2)c(CN2CCC(c3c(Cl)cccc3Cl)CC2)c2ccccc21. The number of benzene rings is 2. The summed E-state index contributed by atoms with van der Waals surface area (Å²) in [5, 5.41) is 5.24. The Morgan fingerprint density at radius 3 is 2.27 bits per heavy atom. The van der Waals surface area contributed by atoms with Gasteiger partial charge in [0.15, 0.2) is 0 Å². The Kier molecular flexibility index (Phi) is 8.08. The van der Waals surface area contributed by atoms with Crippen molar-refractivity contribution in [3.8, 4) is 0 Å². The summed E-state index contributed by atoms with van der Waals surface area (Å²) in [5.74, 6) is 0.242. The van der Waals surface area contributed by atoms with Gasteiger partial charge in [0.25, 0.3) is 5.91 Å². The van der Waals surface area contributed by atoms with Crippen molar-refractivity contribution in [3.05, 3.63) is 69.3 Å². The zero-order chi connectivity index (χ0) is 25.9. The van der Waals surface area contributed by atoms with Crippen LogP contribution in [0, 0.1) is 0 Å². The lowest BCUT2D eigenvalue weighted by molar-refractivity contribution is -0.121. The van der Waals surface area contributed by atoms with Crippen LogP contribution in [0.25, 0.3) is 10.9 Å². The molecule has 0 unspecified atom stereocenters. The lowest BCUT2D eigenvalue weighted by Crippen LogP contribution is -2.39. The van der Waals surface area contributed by atoms with Crippen LogP contribution in [0.1, 0.15) is 59.6 Å². The zero-order valence-electron chi connectivity index (χ0n) is 21.3. The third kappa shape index (κ3) is 5.38. The van der Waals surface area contributed by atoms with Gasteiger partial charge in [-0.2, -0.15) is 0 Å². The Morgan fingerprint density at radius 2 is 1.59 bits per heavy atom. The van der Waals surface area contributed by atoms with Crippen molar-refractivity contribution >= 4 is 45.9 Å². The fourth-order valence-corrected chi connectivity index (χ4v) is 6.62. The first-order chi connectivity index (χ1) is 18.0. The van der Waals surface area contributed by atoms with Crippen LogP contribution in [-0.4, -0.2) is 59.4 Å². The monoisotopic (exact) mass is 540 g/mol. The molecule has 2 amide bonds. The summed E-state index contributed by atoms with van der Waals surface area (Å²) in [4.78, 5) is 30.9. The maximum Gasteiger partial charge on any atom is 0.270 e. The first kappa shape index (κ1) is 26.1. The van der Waals surface area contributed by atoms with E-state index in [1.807, 2.05) is 45.9 Å². The molecule has 0 spiro atoms. The van der Waals surface area contributed by atoms with Crippen LogP contribution in [0.15, 0.2) is 42.5 Å². The van der Waals surface area contributed by atoms with E-state index >= 15 is 0 Å². The molecule has 2 saturated heterocycles. The van der Waals surface area contributed by atoms with Crippen molar-refractivity contribution in [1.29, 1.82) is 0 Å². The van der Waals surface area contributed by atoms with Crippen LogP contribution in [0.2, 0.25) is 10.0 Å². The first-order valence-corrected chi connectivity index (χ1v) is 14.0. The van der Waals surface area contributed by atoms with Gasteiger partial charge in [0.05, 0.1) is 0 Å². The molecule has 3 heterocycles. The molecular weight excluding hydrogens is 507 g/mol. The molecule has 2 aliphatic rings. The smallest absolute Gasteiger partial charge is 0.270 e. The molecular formula is C29H34Cl2N4O2. The average Bonchev–Trinajstić information content (AvgIpc) is 3.22. The van der Waals surface area contributed by atoms with E-state index in [0.717, 1.165) is 90.4 Å². The molecule has 2 aromatic carbocycles. The van der Waals surface area contributed by atoms with E-state index in [1.165, 1.54) is 0 Å². The summed E-state index contributed by atoms with van der Waals surface area (Å²) in [6.07, 6.45) is 5.11. The second-order valence-electron chi connectivity index (χ2n) is 10.1. The minimum absolute atomic E-state index is 0.0348. The molecule has 1 N–H and O–H groups in total. The molecule has 2 aliphatic heterocycles. The zero-order valence-corrected chi connectivity index (χ0v) is 22.8. The van der Waals surface area contributed by atoms with Gasteiger partial charge in [0.2, 0.25) is 5.91 Å². The number of amides is 2. The van der Waals surface area contributed by atoms with Crippen LogP contribution in [0.3, 0.4) is 0 Å². The van der Waals surface area contributed by atoms with Crippen molar-refractivity contribution < 1.29 is 9.59 Å². The van der Waals surface area contributed by atoms with E-state index in [1.54, 1.807) is 7.05 Å². The predicted molar refractivity (Wildman–Crippen MR) is 149 cm³/mol. The van der Waals surface area contributed by atoms with Crippen molar-refractivity contribution in [2.24, 2.45) is 0 Å². The van der Waals surface area contributed by atoms with Gasteiger partial charge in [-0.25, -0.2) is 0 Å². The molecule has 1 aromatic heterocycles. The highest BCUT2D eigenvalue weighted by Gasteiger charge is 2.31. The first-order valence-electron chi connectivity index (χ1n) is 13.2. The van der Waals surface area contributed by atoms with Crippen LogP contribution in [-0.2, 0) is 17.9 Å². The topological polar surface area (TPSA) is 57.6 Å². The maximum atomic E-state index is 14.0. The Balaban J connectivity index is 1.46. The quantitative estimate of drug-likeness (QED) is 0.436. The number of hydrogen-bond acceptors (Lipinski definition) is 3. The fraction of sp³-hybridized carbons (Fsp3) is 0.448. The molecule has 37 heavy (non-hydrogen) atoms. The van der Waals surface area contributed by atoms with Crippen LogP contribution < -0.4 is 5.32 Å². The summed E-state index contributed by atoms with van der Waals surface area (Å²) in [5.41, 5.74) is 3.65. The molecule has 0 bridgehead atoms. The highest BCUT2D eigenvalue weighted by molar-refractivity contribution is 6.36. The summed E-state index contributed by atoms with van der Waals surface area (Å²) in [6, 6.07) is 13.8. The number of carbonyl (C=O) groups is 2. The minimum atomic E-state index is -0.113. The van der Waals surface area contributed by atoms with Gasteiger partial charge in [-0.1, -0.05) is 47.5 Å². The number of rotatable bonds is 6. The Labute approximate surface area is 228 Å². The standard InChI is InChI=1S/C29H34Cl2N4O2/c1-32-26(36)19-35-25-11-4-3-8-21(25)22(28(35)29(37)34-14-5-2-6-15-34)18-33-16-12-20(13-17-33)27-23(30)9-7-10-24(27)31/h3-4,7-11,20H,2,5-6,12-19H2,1H3,(H,32,36). The van der Waals surface area contributed by atoms with Gasteiger partial charge in [-0.05, 0) is 74.9 Å². The number of aromatic nitrogens is 1. The van der Waals surface area contributed by atoms with Gasteiger partial charge in [0.1, 0.15) is 12.2 Å². The van der Waals surface area contributed by atoms with Crippen LogP contribution in [0.5, 0.6) is 0 Å². The minimum Gasteiger partial charge on any atom is -0.358 e. The number of likely N-dealkylation sites (N-methyl/N-ethyl adjacent to an activating group) is 1.